The topological polar surface area (TPSA) is 69.6 Å². The van der Waals surface area contributed by atoms with Gasteiger partial charge in [-0.2, -0.15) is 0 Å². The van der Waals surface area contributed by atoms with E-state index >= 15 is 0 Å². The molecule has 0 aliphatic rings. The van der Waals surface area contributed by atoms with Crippen LogP contribution in [0.1, 0.15) is 5.69 Å². The molecule has 0 fully saturated rings. The van der Waals surface area contributed by atoms with Crippen molar-refractivity contribution >= 4 is 34.0 Å². The van der Waals surface area contributed by atoms with Gasteiger partial charge in [-0.1, -0.05) is 11.8 Å². The molecule has 7 heteroatoms. The van der Waals surface area contributed by atoms with E-state index in [1.54, 1.807) is 11.3 Å². The molecule has 0 atom stereocenters. The number of nitrogens with two attached hydrogens (primary N) is 1. The fourth-order valence-corrected chi connectivity index (χ4v) is 2.96. The van der Waals surface area contributed by atoms with Gasteiger partial charge in [-0.3, -0.25) is 9.20 Å². The molecule has 2 heterocycles. The summed E-state index contributed by atoms with van der Waals surface area (Å²) in [5, 5.41) is 2.76. The smallest absolute Gasteiger partial charge is 0.316 e. The molecule has 86 valence electrons. The zero-order valence-electron chi connectivity index (χ0n) is 8.67. The molecule has 5 nitrogen and oxygen atoms in total. The van der Waals surface area contributed by atoms with Crippen LogP contribution < -0.4 is 5.73 Å². The largest absolute Gasteiger partial charge is 0.468 e. The Bertz CT molecular complexity index is 506. The molecule has 0 aliphatic heterocycles. The second-order valence-electron chi connectivity index (χ2n) is 2.99. The van der Waals surface area contributed by atoms with Gasteiger partial charge >= 0.3 is 5.97 Å². The lowest BCUT2D eigenvalue weighted by atomic mass is 10.5. The number of thiazole rings is 1. The number of fused-ring (bicyclic) bond motifs is 1. The molecule has 0 bridgehead atoms. The molecule has 2 aromatic rings. The summed E-state index contributed by atoms with van der Waals surface area (Å²) in [6, 6.07) is 0. The molecule has 2 N–H and O–H groups in total. The van der Waals surface area contributed by atoms with Crippen LogP contribution in [0.25, 0.3) is 4.96 Å². The predicted octanol–water partition coefficient (Wildman–Crippen LogP) is 1.12. The van der Waals surface area contributed by atoms with Crippen molar-refractivity contribution in [1.82, 2.24) is 9.38 Å². The summed E-state index contributed by atoms with van der Waals surface area (Å²) >= 11 is 2.90. The number of rotatable bonds is 4. The van der Waals surface area contributed by atoms with Gasteiger partial charge in [0, 0.05) is 18.1 Å². The molecule has 2 rings (SSSR count). The van der Waals surface area contributed by atoms with Crippen LogP contribution in [0.2, 0.25) is 0 Å². The van der Waals surface area contributed by atoms with Gasteiger partial charge in [0.15, 0.2) is 4.96 Å². The van der Waals surface area contributed by atoms with Crippen molar-refractivity contribution in [3.05, 3.63) is 17.3 Å². The van der Waals surface area contributed by atoms with Gasteiger partial charge in [0.25, 0.3) is 0 Å². The Morgan fingerprint density at radius 3 is 3.25 bits per heavy atom. The summed E-state index contributed by atoms with van der Waals surface area (Å²) in [4.78, 5) is 16.3. The molecule has 2 aromatic heterocycles. The average Bonchev–Trinajstić information content (AvgIpc) is 2.84. The molecule has 0 unspecified atom stereocenters. The molecular formula is C9H11N3O2S2. The molecule has 0 spiro atoms. The highest BCUT2D eigenvalue weighted by Crippen LogP contribution is 2.25. The Morgan fingerprint density at radius 1 is 1.75 bits per heavy atom. The third-order valence-electron chi connectivity index (χ3n) is 2.07. The summed E-state index contributed by atoms with van der Waals surface area (Å²) in [7, 11) is 1.37. The maximum atomic E-state index is 11.0. The minimum Gasteiger partial charge on any atom is -0.468 e. The maximum absolute atomic E-state index is 11.0. The molecule has 16 heavy (non-hydrogen) atoms. The highest BCUT2D eigenvalue weighted by molar-refractivity contribution is 7.99. The molecule has 0 aliphatic carbocycles. The van der Waals surface area contributed by atoms with E-state index in [9.17, 15) is 4.79 Å². The summed E-state index contributed by atoms with van der Waals surface area (Å²) in [6.45, 7) is 0.404. The third-order valence-corrected chi connectivity index (χ3v) is 3.81. The van der Waals surface area contributed by atoms with Gasteiger partial charge in [0.1, 0.15) is 5.03 Å². The van der Waals surface area contributed by atoms with Crippen LogP contribution in [0, 0.1) is 0 Å². The number of carbonyl (C=O) groups is 1. The number of hydrogen-bond donors (Lipinski definition) is 1. The molecule has 0 aromatic carbocycles. The van der Waals surface area contributed by atoms with Crippen LogP contribution in [0.3, 0.4) is 0 Å². The van der Waals surface area contributed by atoms with Crippen molar-refractivity contribution in [2.75, 3.05) is 12.9 Å². The summed E-state index contributed by atoms with van der Waals surface area (Å²) in [5.74, 6) is -0.00162. The zero-order chi connectivity index (χ0) is 11.5. The minimum atomic E-state index is -0.260. The highest BCUT2D eigenvalue weighted by Gasteiger charge is 2.13. The lowest BCUT2D eigenvalue weighted by molar-refractivity contribution is -0.137. The number of imidazole rings is 1. The van der Waals surface area contributed by atoms with Crippen molar-refractivity contribution < 1.29 is 9.53 Å². The van der Waals surface area contributed by atoms with Crippen LogP contribution in [-0.4, -0.2) is 28.2 Å². The van der Waals surface area contributed by atoms with Gasteiger partial charge < -0.3 is 10.5 Å². The number of carbonyl (C=O) groups excluding carboxylic acids is 1. The van der Waals surface area contributed by atoms with Gasteiger partial charge in [-0.15, -0.1) is 11.3 Å². The number of methoxy groups -OCH3 is 1. The SMILES string of the molecule is COC(=O)CSc1nc2sccn2c1CN. The second-order valence-corrected chi connectivity index (χ2v) is 4.83. The summed E-state index contributed by atoms with van der Waals surface area (Å²) < 4.78 is 6.53. The molecule has 0 amide bonds. The van der Waals surface area contributed by atoms with Crippen molar-refractivity contribution in [2.24, 2.45) is 5.73 Å². The zero-order valence-corrected chi connectivity index (χ0v) is 10.3. The molecule has 0 saturated heterocycles. The Morgan fingerprint density at radius 2 is 2.56 bits per heavy atom. The molecule has 0 saturated carbocycles. The van der Waals surface area contributed by atoms with Crippen molar-refractivity contribution in [2.45, 2.75) is 11.6 Å². The number of aromatic nitrogens is 2. The van der Waals surface area contributed by atoms with E-state index < -0.39 is 0 Å². The normalized spacial score (nSPS) is 10.9. The van der Waals surface area contributed by atoms with E-state index in [0.717, 1.165) is 15.7 Å². The van der Waals surface area contributed by atoms with Gasteiger partial charge in [-0.25, -0.2) is 4.98 Å². The summed E-state index contributed by atoms with van der Waals surface area (Å²) in [5.41, 5.74) is 6.61. The van der Waals surface area contributed by atoms with Gasteiger partial charge in [0.2, 0.25) is 0 Å². The first-order valence-electron chi connectivity index (χ1n) is 4.60. The quantitative estimate of drug-likeness (QED) is 0.656. The second kappa shape index (κ2) is 4.86. The van der Waals surface area contributed by atoms with E-state index in [1.165, 1.54) is 18.9 Å². The van der Waals surface area contributed by atoms with Crippen molar-refractivity contribution in [1.29, 1.82) is 0 Å². The average molecular weight is 257 g/mol. The van der Waals surface area contributed by atoms with E-state index in [-0.39, 0.29) is 11.7 Å². The van der Waals surface area contributed by atoms with Crippen molar-refractivity contribution in [3.63, 3.8) is 0 Å². The first-order valence-corrected chi connectivity index (χ1v) is 6.47. The number of nitrogens with zero attached hydrogens (tertiary/aromatic N) is 2. The Balaban J connectivity index is 2.22. The number of hydrogen-bond acceptors (Lipinski definition) is 6. The fraction of sp³-hybridized carbons (Fsp3) is 0.333. The minimum absolute atomic E-state index is 0.258. The summed E-state index contributed by atoms with van der Waals surface area (Å²) in [6.07, 6.45) is 1.93. The number of thioether (sulfide) groups is 1. The van der Waals surface area contributed by atoms with E-state index in [1.807, 2.05) is 16.0 Å². The predicted molar refractivity (Wildman–Crippen MR) is 63.7 cm³/mol. The maximum Gasteiger partial charge on any atom is 0.316 e. The fourth-order valence-electron chi connectivity index (χ4n) is 1.30. The van der Waals surface area contributed by atoms with Crippen molar-refractivity contribution in [3.8, 4) is 0 Å². The molecular weight excluding hydrogens is 246 g/mol. The van der Waals surface area contributed by atoms with Crippen LogP contribution in [0.5, 0.6) is 0 Å². The first-order chi connectivity index (χ1) is 7.76. The van der Waals surface area contributed by atoms with Gasteiger partial charge in [0.05, 0.1) is 18.6 Å². The monoisotopic (exact) mass is 257 g/mol. The third kappa shape index (κ3) is 2.06. The van der Waals surface area contributed by atoms with Crippen LogP contribution >= 0.6 is 23.1 Å². The highest BCUT2D eigenvalue weighted by atomic mass is 32.2. The lowest BCUT2D eigenvalue weighted by Crippen LogP contribution is -2.05. The van der Waals surface area contributed by atoms with Crippen LogP contribution in [-0.2, 0) is 16.1 Å². The Hall–Kier alpha value is -1.05. The first kappa shape index (κ1) is 11.4. The molecule has 0 radical (unpaired) electrons. The van der Waals surface area contributed by atoms with E-state index in [0.29, 0.717) is 6.54 Å². The van der Waals surface area contributed by atoms with E-state index in [4.69, 9.17) is 5.73 Å². The van der Waals surface area contributed by atoms with E-state index in [2.05, 4.69) is 9.72 Å². The van der Waals surface area contributed by atoms with Gasteiger partial charge in [-0.05, 0) is 0 Å². The van der Waals surface area contributed by atoms with Crippen LogP contribution in [0.4, 0.5) is 0 Å². The number of esters is 1. The standard InChI is InChI=1S/C9H11N3O2S2/c1-14-7(13)5-16-8-6(4-10)12-2-3-15-9(12)11-8/h2-3H,4-5,10H2,1H3. The Labute approximate surface area is 101 Å². The van der Waals surface area contributed by atoms with Crippen LogP contribution in [0.15, 0.2) is 16.6 Å². The number of ether oxygens (including phenoxy) is 1. The Kier molecular flexibility index (Phi) is 3.47. The lowest BCUT2D eigenvalue weighted by Gasteiger charge is -2.00.